The molecule has 12 heavy (non-hydrogen) atoms. The second kappa shape index (κ2) is 4.89. The molecule has 0 amide bonds. The quantitative estimate of drug-likeness (QED) is 0.718. The first-order valence-electron chi connectivity index (χ1n) is 4.06. The molecule has 0 spiro atoms. The van der Waals surface area contributed by atoms with Gasteiger partial charge in [-0.2, -0.15) is 0 Å². The van der Waals surface area contributed by atoms with Crippen LogP contribution in [0.1, 0.15) is 20.3 Å². The molecule has 1 heterocycles. The molecule has 0 aromatic carbocycles. The minimum Gasteiger partial charge on any atom is -0.241 e. The average Bonchev–Trinajstić information content (AvgIpc) is 2.28. The molecule has 0 bridgehead atoms. The van der Waals surface area contributed by atoms with Gasteiger partial charge in [0.2, 0.25) is 0 Å². The Balaban J connectivity index is 2.23. The Morgan fingerprint density at radius 3 is 2.75 bits per heavy atom. The van der Waals surface area contributed by atoms with E-state index in [4.69, 9.17) is 11.6 Å². The highest BCUT2D eigenvalue weighted by Gasteiger charge is 2.19. The maximum atomic E-state index is 5.93. The second-order valence-corrected chi connectivity index (χ2v) is 5.98. The summed E-state index contributed by atoms with van der Waals surface area (Å²) in [7, 11) is 0. The van der Waals surface area contributed by atoms with Gasteiger partial charge < -0.3 is 0 Å². The predicted octanol–water partition coefficient (Wildman–Crippen LogP) is 3.80. The van der Waals surface area contributed by atoms with Crippen LogP contribution in [0.15, 0.2) is 8.85 Å². The van der Waals surface area contributed by atoms with Crippen molar-refractivity contribution in [2.45, 2.75) is 20.3 Å². The molecule has 0 radical (unpaired) electrons. The molecule has 1 aliphatic heterocycles. The number of nitrogens with zero attached hydrogens (tertiary/aromatic N) is 1. The van der Waals surface area contributed by atoms with Gasteiger partial charge in [0.15, 0.2) is 0 Å². The lowest BCUT2D eigenvalue weighted by Gasteiger charge is -2.14. The summed E-state index contributed by atoms with van der Waals surface area (Å²) in [6.07, 6.45) is 1.23. The van der Waals surface area contributed by atoms with Gasteiger partial charge in [0.05, 0.1) is 0 Å². The fourth-order valence-electron chi connectivity index (χ4n) is 0.939. The molecular weight excluding hydrogens is 258 g/mol. The molecule has 1 nitrogen and oxygen atoms in total. The number of halogens is 2. The van der Waals surface area contributed by atoms with Gasteiger partial charge in [-0.05, 0) is 24.3 Å². The zero-order valence-corrected chi connectivity index (χ0v) is 10.5. The van der Waals surface area contributed by atoms with Crippen molar-refractivity contribution in [3.05, 3.63) is 8.85 Å². The summed E-state index contributed by atoms with van der Waals surface area (Å²) >= 11 is 11.0. The number of hydrogen-bond donors (Lipinski definition) is 0. The van der Waals surface area contributed by atoms with Crippen molar-refractivity contribution in [2.75, 3.05) is 13.1 Å². The van der Waals surface area contributed by atoms with Gasteiger partial charge in [-0.3, -0.25) is 0 Å². The number of hydrogen-bond acceptors (Lipinski definition) is 2. The molecule has 0 N–H and O–H groups in total. The van der Waals surface area contributed by atoms with Gasteiger partial charge in [0.25, 0.3) is 0 Å². The van der Waals surface area contributed by atoms with Crippen LogP contribution in [0.5, 0.6) is 0 Å². The zero-order chi connectivity index (χ0) is 9.14. The van der Waals surface area contributed by atoms with Crippen molar-refractivity contribution >= 4 is 39.5 Å². The van der Waals surface area contributed by atoms with E-state index in [1.165, 1.54) is 6.42 Å². The van der Waals surface area contributed by atoms with Crippen molar-refractivity contribution in [3.8, 4) is 0 Å². The maximum Gasteiger partial charge on any atom is 0.100 e. The molecule has 1 rings (SSSR count). The minimum absolute atomic E-state index is 0.767. The summed E-state index contributed by atoms with van der Waals surface area (Å²) in [6, 6.07) is 0. The third kappa shape index (κ3) is 3.29. The Labute approximate surface area is 91.8 Å². The van der Waals surface area contributed by atoms with E-state index in [0.717, 1.165) is 27.9 Å². The lowest BCUT2D eigenvalue weighted by atomic mass is 10.1. The van der Waals surface area contributed by atoms with Crippen LogP contribution in [0.25, 0.3) is 0 Å². The highest BCUT2D eigenvalue weighted by molar-refractivity contribution is 9.11. The Bertz CT molecular complexity index is 179. The van der Waals surface area contributed by atoms with Crippen LogP contribution >= 0.6 is 39.5 Å². The van der Waals surface area contributed by atoms with Gasteiger partial charge in [0, 0.05) is 17.6 Å². The molecule has 4 heteroatoms. The van der Waals surface area contributed by atoms with E-state index in [1.807, 2.05) is 0 Å². The van der Waals surface area contributed by atoms with Crippen molar-refractivity contribution < 1.29 is 0 Å². The second-order valence-electron chi connectivity index (χ2n) is 3.32. The summed E-state index contributed by atoms with van der Waals surface area (Å²) in [6.45, 7) is 6.56. The molecule has 70 valence electrons. The lowest BCUT2D eigenvalue weighted by molar-refractivity contribution is 0.453. The van der Waals surface area contributed by atoms with Crippen molar-refractivity contribution in [3.63, 3.8) is 0 Å². The van der Waals surface area contributed by atoms with E-state index in [9.17, 15) is 0 Å². The van der Waals surface area contributed by atoms with Crippen molar-refractivity contribution in [2.24, 2.45) is 5.92 Å². The summed E-state index contributed by atoms with van der Waals surface area (Å²) in [5, 5.41) is 0. The molecule has 0 fully saturated rings. The third-order valence-corrected chi connectivity index (χ3v) is 4.24. The van der Waals surface area contributed by atoms with Crippen LogP contribution in [0.2, 0.25) is 0 Å². The zero-order valence-electron chi connectivity index (χ0n) is 7.31. The first kappa shape index (κ1) is 10.9. The smallest absolute Gasteiger partial charge is 0.100 e. The Morgan fingerprint density at radius 1 is 1.67 bits per heavy atom. The van der Waals surface area contributed by atoms with Crippen LogP contribution in [-0.4, -0.2) is 17.4 Å². The first-order chi connectivity index (χ1) is 5.59. The monoisotopic (exact) mass is 269 g/mol. The topological polar surface area (TPSA) is 3.24 Å². The third-order valence-electron chi connectivity index (χ3n) is 1.69. The lowest BCUT2D eigenvalue weighted by Crippen LogP contribution is -2.15. The maximum absolute atomic E-state index is 5.93. The van der Waals surface area contributed by atoms with Gasteiger partial charge in [0.1, 0.15) is 4.36 Å². The van der Waals surface area contributed by atoms with Crippen LogP contribution < -0.4 is 0 Å². The van der Waals surface area contributed by atoms with E-state index in [0.29, 0.717) is 0 Å². The van der Waals surface area contributed by atoms with E-state index in [1.54, 1.807) is 11.9 Å². The first-order valence-corrected chi connectivity index (χ1v) is 6.01. The molecule has 0 aromatic heterocycles. The Kier molecular flexibility index (Phi) is 4.44. The molecule has 0 saturated carbocycles. The van der Waals surface area contributed by atoms with Crippen LogP contribution in [0.3, 0.4) is 0 Å². The summed E-state index contributed by atoms with van der Waals surface area (Å²) in [5.74, 6) is 0.767. The average molecular weight is 271 g/mol. The van der Waals surface area contributed by atoms with Crippen molar-refractivity contribution in [1.82, 2.24) is 4.31 Å². The van der Waals surface area contributed by atoms with Gasteiger partial charge in [-0.15, -0.1) is 0 Å². The molecule has 1 aliphatic rings. The molecule has 0 atom stereocenters. The van der Waals surface area contributed by atoms with Gasteiger partial charge in [-0.1, -0.05) is 41.4 Å². The predicted molar refractivity (Wildman–Crippen MR) is 60.4 cm³/mol. The molecule has 0 saturated heterocycles. The SMILES string of the molecule is CC(C)CCN1CC(Br)=C(Cl)S1. The van der Waals surface area contributed by atoms with Crippen LogP contribution in [0.4, 0.5) is 0 Å². The van der Waals surface area contributed by atoms with Crippen molar-refractivity contribution in [1.29, 1.82) is 0 Å². The summed E-state index contributed by atoms with van der Waals surface area (Å²) in [5.41, 5.74) is 0. The summed E-state index contributed by atoms with van der Waals surface area (Å²) in [4.78, 5) is 0. The van der Waals surface area contributed by atoms with E-state index in [2.05, 4.69) is 34.1 Å². The molecule has 0 aliphatic carbocycles. The highest BCUT2D eigenvalue weighted by Crippen LogP contribution is 2.38. The normalized spacial score (nSPS) is 19.8. The van der Waals surface area contributed by atoms with Crippen LogP contribution in [0, 0.1) is 5.92 Å². The molecule has 0 unspecified atom stereocenters. The fraction of sp³-hybridized carbons (Fsp3) is 0.750. The largest absolute Gasteiger partial charge is 0.241 e. The van der Waals surface area contributed by atoms with Gasteiger partial charge in [-0.25, -0.2) is 4.31 Å². The van der Waals surface area contributed by atoms with Gasteiger partial charge >= 0.3 is 0 Å². The Morgan fingerprint density at radius 2 is 2.33 bits per heavy atom. The van der Waals surface area contributed by atoms with E-state index in [-0.39, 0.29) is 0 Å². The number of rotatable bonds is 3. The summed E-state index contributed by atoms with van der Waals surface area (Å²) < 4.78 is 4.29. The minimum atomic E-state index is 0.767. The highest BCUT2D eigenvalue weighted by atomic mass is 79.9. The molecule has 0 aromatic rings. The van der Waals surface area contributed by atoms with E-state index >= 15 is 0 Å². The van der Waals surface area contributed by atoms with Crippen LogP contribution in [-0.2, 0) is 0 Å². The Hall–Kier alpha value is 0.820. The van der Waals surface area contributed by atoms with E-state index < -0.39 is 0 Å². The molecular formula is C8H13BrClNS. The fourth-order valence-corrected chi connectivity index (χ4v) is 2.76. The standard InChI is InChI=1S/C8H13BrClNS/c1-6(2)3-4-11-5-7(9)8(10)12-11/h6H,3-5H2,1-2H3.